The summed E-state index contributed by atoms with van der Waals surface area (Å²) in [6.45, 7) is 3.49. The highest BCUT2D eigenvalue weighted by Gasteiger charge is 2.32. The largest absolute Gasteiger partial charge is 0.373 e. The number of morpholine rings is 1. The Hall–Kier alpha value is -0.910. The van der Waals surface area contributed by atoms with Crippen molar-refractivity contribution in [1.29, 1.82) is 0 Å². The van der Waals surface area contributed by atoms with Crippen LogP contribution in [0.3, 0.4) is 0 Å². The molecule has 0 saturated carbocycles. The summed E-state index contributed by atoms with van der Waals surface area (Å²) < 4.78 is 6.81. The van der Waals surface area contributed by atoms with Crippen molar-refractivity contribution >= 4 is 21.8 Å². The summed E-state index contributed by atoms with van der Waals surface area (Å²) in [5, 5.41) is 2.96. The minimum Gasteiger partial charge on any atom is -0.373 e. The third-order valence-corrected chi connectivity index (χ3v) is 4.59. The summed E-state index contributed by atoms with van der Waals surface area (Å²) in [7, 11) is 0. The van der Waals surface area contributed by atoms with E-state index in [0.717, 1.165) is 17.6 Å². The van der Waals surface area contributed by atoms with Gasteiger partial charge in [0.2, 0.25) is 0 Å². The van der Waals surface area contributed by atoms with Gasteiger partial charge < -0.3 is 10.1 Å². The van der Waals surface area contributed by atoms with E-state index < -0.39 is 0 Å². The van der Waals surface area contributed by atoms with Crippen molar-refractivity contribution in [2.45, 2.75) is 25.0 Å². The Bertz CT molecular complexity index is 477. The van der Waals surface area contributed by atoms with Crippen LogP contribution in [0.15, 0.2) is 28.7 Å². The normalized spacial score (nSPS) is 26.2. The Morgan fingerprint density at radius 1 is 1.40 bits per heavy atom. The first-order valence-electron chi connectivity index (χ1n) is 7.12. The Balaban J connectivity index is 1.49. The van der Waals surface area contributed by atoms with Gasteiger partial charge in [0.25, 0.3) is 5.91 Å². The fraction of sp³-hybridized carbons (Fsp3) is 0.533. The molecule has 5 heteroatoms. The van der Waals surface area contributed by atoms with Crippen molar-refractivity contribution in [1.82, 2.24) is 10.2 Å². The molecule has 1 N–H and O–H groups in total. The third-order valence-electron chi connectivity index (χ3n) is 4.06. The smallest absolute Gasteiger partial charge is 0.251 e. The Morgan fingerprint density at radius 2 is 2.20 bits per heavy atom. The number of hydrogen-bond donors (Lipinski definition) is 1. The van der Waals surface area contributed by atoms with Crippen molar-refractivity contribution < 1.29 is 9.53 Å². The lowest BCUT2D eigenvalue weighted by molar-refractivity contribution is -0.0461. The van der Waals surface area contributed by atoms with E-state index in [1.54, 1.807) is 0 Å². The number of carbonyl (C=O) groups is 1. The average Bonchev–Trinajstić information content (AvgIpc) is 2.93. The number of rotatable bonds is 3. The lowest BCUT2D eigenvalue weighted by Crippen LogP contribution is -2.50. The molecule has 2 heterocycles. The molecular weight excluding hydrogens is 320 g/mol. The Kier molecular flexibility index (Phi) is 4.38. The second-order valence-electron chi connectivity index (χ2n) is 5.46. The number of nitrogens with one attached hydrogen (secondary N) is 1. The van der Waals surface area contributed by atoms with Crippen LogP contribution in [0.4, 0.5) is 0 Å². The lowest BCUT2D eigenvalue weighted by atomic mass is 10.2. The van der Waals surface area contributed by atoms with E-state index >= 15 is 0 Å². The molecule has 2 aliphatic rings. The van der Waals surface area contributed by atoms with Crippen LogP contribution in [0.1, 0.15) is 23.2 Å². The van der Waals surface area contributed by atoms with E-state index in [-0.39, 0.29) is 12.0 Å². The first-order chi connectivity index (χ1) is 9.72. The van der Waals surface area contributed by atoms with Gasteiger partial charge in [-0.3, -0.25) is 9.69 Å². The predicted molar refractivity (Wildman–Crippen MR) is 80.8 cm³/mol. The van der Waals surface area contributed by atoms with Gasteiger partial charge in [-0.05, 0) is 43.7 Å². The van der Waals surface area contributed by atoms with Gasteiger partial charge >= 0.3 is 0 Å². The van der Waals surface area contributed by atoms with Crippen LogP contribution in [0.5, 0.6) is 0 Å². The molecule has 3 rings (SSSR count). The highest BCUT2D eigenvalue weighted by atomic mass is 79.9. The number of benzene rings is 1. The Labute approximate surface area is 127 Å². The average molecular weight is 339 g/mol. The van der Waals surface area contributed by atoms with Crippen molar-refractivity contribution in [2.75, 3.05) is 26.2 Å². The van der Waals surface area contributed by atoms with E-state index in [0.29, 0.717) is 18.2 Å². The number of ether oxygens (including phenoxy) is 1. The van der Waals surface area contributed by atoms with Gasteiger partial charge in [-0.2, -0.15) is 0 Å². The third kappa shape index (κ3) is 3.22. The van der Waals surface area contributed by atoms with Gasteiger partial charge in [-0.1, -0.05) is 15.9 Å². The summed E-state index contributed by atoms with van der Waals surface area (Å²) in [4.78, 5) is 14.5. The highest BCUT2D eigenvalue weighted by Crippen LogP contribution is 2.22. The molecule has 20 heavy (non-hydrogen) atoms. The number of nitrogens with zero attached hydrogens (tertiary/aromatic N) is 1. The standard InChI is InChI=1S/C15H19BrN2O2/c16-12-5-3-11(4-6-12)15(19)17-8-14-9-18-7-1-2-13(18)10-20-14/h3-6,13-14H,1-2,7-10H2,(H,17,19)/t13-,14+/m1/s1. The number of carbonyl (C=O) groups excluding carboxylic acids is 1. The van der Waals surface area contributed by atoms with Crippen molar-refractivity contribution in [2.24, 2.45) is 0 Å². The minimum absolute atomic E-state index is 0.0374. The molecule has 0 spiro atoms. The number of fused-ring (bicyclic) bond motifs is 1. The fourth-order valence-electron chi connectivity index (χ4n) is 2.92. The number of amides is 1. The monoisotopic (exact) mass is 338 g/mol. The van der Waals surface area contributed by atoms with Gasteiger partial charge in [0, 0.05) is 29.2 Å². The van der Waals surface area contributed by atoms with E-state index in [1.807, 2.05) is 24.3 Å². The summed E-state index contributed by atoms with van der Waals surface area (Å²) >= 11 is 3.36. The molecule has 108 valence electrons. The fourth-order valence-corrected chi connectivity index (χ4v) is 3.18. The van der Waals surface area contributed by atoms with Crippen LogP contribution in [0.2, 0.25) is 0 Å². The molecule has 2 atom stereocenters. The number of halogens is 1. The van der Waals surface area contributed by atoms with Gasteiger partial charge in [-0.25, -0.2) is 0 Å². The maximum absolute atomic E-state index is 12.0. The van der Waals surface area contributed by atoms with E-state index in [4.69, 9.17) is 4.74 Å². The minimum atomic E-state index is -0.0374. The van der Waals surface area contributed by atoms with Crippen molar-refractivity contribution in [3.63, 3.8) is 0 Å². The van der Waals surface area contributed by atoms with Gasteiger partial charge in [0.15, 0.2) is 0 Å². The molecule has 0 bridgehead atoms. The SMILES string of the molecule is O=C(NC[C@H]1CN2CCC[C@@H]2CO1)c1ccc(Br)cc1. The molecule has 4 nitrogen and oxygen atoms in total. The molecule has 1 aromatic rings. The molecule has 0 unspecified atom stereocenters. The predicted octanol–water partition coefficient (Wildman–Crippen LogP) is 2.04. The molecule has 0 radical (unpaired) electrons. The van der Waals surface area contributed by atoms with E-state index in [9.17, 15) is 4.79 Å². The topological polar surface area (TPSA) is 41.6 Å². The van der Waals surface area contributed by atoms with Crippen molar-refractivity contribution in [3.05, 3.63) is 34.3 Å². The van der Waals surface area contributed by atoms with Gasteiger partial charge in [-0.15, -0.1) is 0 Å². The maximum atomic E-state index is 12.0. The molecule has 0 aliphatic carbocycles. The Morgan fingerprint density at radius 3 is 3.00 bits per heavy atom. The molecule has 2 aliphatic heterocycles. The van der Waals surface area contributed by atoms with Gasteiger partial charge in [0.1, 0.15) is 0 Å². The molecule has 2 fully saturated rings. The quantitative estimate of drug-likeness (QED) is 0.916. The molecule has 1 aromatic carbocycles. The van der Waals surface area contributed by atoms with Crippen LogP contribution in [-0.2, 0) is 4.74 Å². The van der Waals surface area contributed by atoms with Crippen LogP contribution < -0.4 is 5.32 Å². The second kappa shape index (κ2) is 6.24. The number of hydrogen-bond acceptors (Lipinski definition) is 3. The molecule has 0 aromatic heterocycles. The summed E-state index contributed by atoms with van der Waals surface area (Å²) in [6.07, 6.45) is 2.63. The van der Waals surface area contributed by atoms with Crippen LogP contribution in [0.25, 0.3) is 0 Å². The van der Waals surface area contributed by atoms with E-state index in [2.05, 4.69) is 26.1 Å². The van der Waals surface area contributed by atoms with Crippen LogP contribution >= 0.6 is 15.9 Å². The zero-order valence-electron chi connectivity index (χ0n) is 11.3. The molecule has 1 amide bonds. The molecule has 2 saturated heterocycles. The van der Waals surface area contributed by atoms with Crippen LogP contribution in [-0.4, -0.2) is 49.2 Å². The van der Waals surface area contributed by atoms with Gasteiger partial charge in [0.05, 0.1) is 12.7 Å². The van der Waals surface area contributed by atoms with Crippen molar-refractivity contribution in [3.8, 4) is 0 Å². The molecular formula is C15H19BrN2O2. The van der Waals surface area contributed by atoms with Crippen LogP contribution in [0, 0.1) is 0 Å². The first-order valence-corrected chi connectivity index (χ1v) is 7.91. The van der Waals surface area contributed by atoms with E-state index in [1.165, 1.54) is 19.4 Å². The summed E-state index contributed by atoms with van der Waals surface area (Å²) in [5.74, 6) is -0.0374. The summed E-state index contributed by atoms with van der Waals surface area (Å²) in [6, 6.07) is 7.99. The lowest BCUT2D eigenvalue weighted by Gasteiger charge is -2.35. The second-order valence-corrected chi connectivity index (χ2v) is 6.38. The zero-order valence-corrected chi connectivity index (χ0v) is 12.9. The highest BCUT2D eigenvalue weighted by molar-refractivity contribution is 9.10. The maximum Gasteiger partial charge on any atom is 0.251 e. The zero-order chi connectivity index (χ0) is 13.9. The summed E-state index contributed by atoms with van der Waals surface area (Å²) in [5.41, 5.74) is 0.683. The first kappa shape index (κ1) is 14.0.